The quantitative estimate of drug-likeness (QED) is 0.521. The van der Waals surface area contributed by atoms with Crippen molar-refractivity contribution in [2.24, 2.45) is 0 Å². The highest BCUT2D eigenvalue weighted by atomic mass is 35.5. The highest BCUT2D eigenvalue weighted by molar-refractivity contribution is 8.57. The Morgan fingerprint density at radius 2 is 2.06 bits per heavy atom. The zero-order valence-electron chi connectivity index (χ0n) is 10.3. The summed E-state index contributed by atoms with van der Waals surface area (Å²) in [5, 5.41) is 2.63. The van der Waals surface area contributed by atoms with Gasteiger partial charge in [-0.25, -0.2) is 13.5 Å². The highest BCUT2D eigenvalue weighted by Crippen LogP contribution is 2.58. The van der Waals surface area contributed by atoms with Gasteiger partial charge in [-0.15, -0.1) is 15.7 Å². The Labute approximate surface area is 113 Å². The Balaban J connectivity index is 4.84. The van der Waals surface area contributed by atoms with Crippen LogP contribution in [0.15, 0.2) is 0 Å². The highest BCUT2D eigenvalue weighted by Gasteiger charge is 2.34. The van der Waals surface area contributed by atoms with Crippen LogP contribution in [0, 0.1) is 0 Å². The fraction of sp³-hybridized carbons (Fsp3) is 1.00. The molecule has 0 aromatic carbocycles. The first-order valence-electron chi connectivity index (χ1n) is 5.30. The summed E-state index contributed by atoms with van der Waals surface area (Å²) < 4.78 is 37.2. The van der Waals surface area contributed by atoms with Gasteiger partial charge < -0.3 is 0 Å². The standard InChI is InChI=1S/C8H20ClN2O3PS2/c1-4-7-16-15(12,10-2)11(3)17(13,14)8-5-6-9/h4-8H2,1-3H3,(H,10,12). The van der Waals surface area contributed by atoms with Gasteiger partial charge in [0.25, 0.3) is 6.65 Å². The van der Waals surface area contributed by atoms with E-state index in [1.54, 1.807) is 0 Å². The molecule has 0 bridgehead atoms. The third kappa shape index (κ3) is 5.49. The van der Waals surface area contributed by atoms with Gasteiger partial charge in [0.05, 0.1) is 5.75 Å². The number of hydrogen-bond donors (Lipinski definition) is 1. The van der Waals surface area contributed by atoms with E-state index in [0.29, 0.717) is 12.2 Å². The van der Waals surface area contributed by atoms with Crippen molar-refractivity contribution in [1.82, 2.24) is 9.16 Å². The second-order valence-corrected chi connectivity index (χ2v) is 11.2. The molecule has 1 unspecified atom stereocenters. The SMILES string of the molecule is CCCSP(=O)(NC)N(C)S(=O)(=O)CCCCl. The number of hydrogen-bond acceptors (Lipinski definition) is 4. The van der Waals surface area contributed by atoms with Crippen LogP contribution >= 0.6 is 29.6 Å². The van der Waals surface area contributed by atoms with E-state index in [9.17, 15) is 13.0 Å². The number of rotatable bonds is 9. The number of alkyl halides is 1. The summed E-state index contributed by atoms with van der Waals surface area (Å²) in [4.78, 5) is 0. The van der Waals surface area contributed by atoms with Crippen molar-refractivity contribution in [3.05, 3.63) is 0 Å². The minimum absolute atomic E-state index is 0.0780. The summed E-state index contributed by atoms with van der Waals surface area (Å²) >= 11 is 6.62. The summed E-state index contributed by atoms with van der Waals surface area (Å²) in [6, 6.07) is 0. The molecule has 0 saturated carbocycles. The lowest BCUT2D eigenvalue weighted by Gasteiger charge is -2.26. The van der Waals surface area contributed by atoms with Crippen LogP contribution in [0.25, 0.3) is 0 Å². The van der Waals surface area contributed by atoms with Crippen LogP contribution < -0.4 is 5.09 Å². The van der Waals surface area contributed by atoms with E-state index in [0.717, 1.165) is 21.9 Å². The first-order valence-corrected chi connectivity index (χ1v) is 10.7. The third-order valence-electron chi connectivity index (χ3n) is 2.06. The van der Waals surface area contributed by atoms with E-state index < -0.39 is 16.7 Å². The Bertz CT molecular complexity index is 364. The van der Waals surface area contributed by atoms with Gasteiger partial charge in [0.1, 0.15) is 0 Å². The second-order valence-electron chi connectivity index (χ2n) is 3.37. The average molecular weight is 323 g/mol. The van der Waals surface area contributed by atoms with Crippen molar-refractivity contribution in [1.29, 1.82) is 0 Å². The van der Waals surface area contributed by atoms with E-state index in [4.69, 9.17) is 11.6 Å². The van der Waals surface area contributed by atoms with Gasteiger partial charge in [-0.1, -0.05) is 18.3 Å². The van der Waals surface area contributed by atoms with Crippen molar-refractivity contribution in [3.63, 3.8) is 0 Å². The number of nitrogens with zero attached hydrogens (tertiary/aromatic N) is 1. The van der Waals surface area contributed by atoms with Gasteiger partial charge in [0.15, 0.2) is 0 Å². The monoisotopic (exact) mass is 322 g/mol. The predicted octanol–water partition coefficient (Wildman–Crippen LogP) is 2.35. The molecule has 0 radical (unpaired) electrons. The molecule has 0 amide bonds. The topological polar surface area (TPSA) is 66.5 Å². The molecule has 0 aliphatic carbocycles. The lowest BCUT2D eigenvalue weighted by molar-refractivity contribution is 0.525. The van der Waals surface area contributed by atoms with Crippen LogP contribution in [-0.2, 0) is 14.6 Å². The minimum atomic E-state index is -3.52. The average Bonchev–Trinajstić information content (AvgIpc) is 2.32. The fourth-order valence-electron chi connectivity index (χ4n) is 1.03. The van der Waals surface area contributed by atoms with Gasteiger partial charge in [0, 0.05) is 18.7 Å². The summed E-state index contributed by atoms with van der Waals surface area (Å²) in [5.74, 6) is 0.845. The van der Waals surface area contributed by atoms with E-state index in [2.05, 4.69) is 5.09 Å². The predicted molar refractivity (Wildman–Crippen MR) is 76.3 cm³/mol. The number of halogens is 1. The van der Waals surface area contributed by atoms with E-state index in [-0.39, 0.29) is 11.6 Å². The van der Waals surface area contributed by atoms with Crippen LogP contribution in [-0.4, -0.2) is 44.0 Å². The maximum absolute atomic E-state index is 12.4. The molecule has 0 aliphatic rings. The molecule has 104 valence electrons. The molecule has 1 atom stereocenters. The van der Waals surface area contributed by atoms with Gasteiger partial charge >= 0.3 is 0 Å². The Morgan fingerprint density at radius 1 is 1.47 bits per heavy atom. The molecular weight excluding hydrogens is 303 g/mol. The first-order chi connectivity index (χ1) is 7.84. The molecule has 0 saturated heterocycles. The summed E-state index contributed by atoms with van der Waals surface area (Å²) in [6.45, 7) is -1.15. The van der Waals surface area contributed by atoms with E-state index >= 15 is 0 Å². The largest absolute Gasteiger partial charge is 0.281 e. The van der Waals surface area contributed by atoms with Crippen molar-refractivity contribution in [2.75, 3.05) is 31.5 Å². The maximum Gasteiger partial charge on any atom is 0.281 e. The van der Waals surface area contributed by atoms with Crippen molar-refractivity contribution in [3.8, 4) is 0 Å². The fourth-order valence-corrected chi connectivity index (χ4v) is 8.41. The van der Waals surface area contributed by atoms with Gasteiger partial charge in [0.2, 0.25) is 10.0 Å². The molecule has 5 nitrogen and oxygen atoms in total. The Hall–Kier alpha value is 0.740. The van der Waals surface area contributed by atoms with Gasteiger partial charge in [-0.05, 0) is 19.9 Å². The second kappa shape index (κ2) is 8.02. The Morgan fingerprint density at radius 3 is 2.47 bits per heavy atom. The van der Waals surface area contributed by atoms with E-state index in [1.165, 1.54) is 14.1 Å². The minimum Gasteiger partial charge on any atom is -0.276 e. The molecule has 0 aliphatic heterocycles. The molecule has 0 aromatic heterocycles. The van der Waals surface area contributed by atoms with Gasteiger partial charge in [-0.2, -0.15) is 0 Å². The molecular formula is C8H20ClN2O3PS2. The van der Waals surface area contributed by atoms with Gasteiger partial charge in [-0.3, -0.25) is 4.57 Å². The summed E-state index contributed by atoms with van der Waals surface area (Å²) in [6.07, 6.45) is 1.20. The molecule has 0 rings (SSSR count). The third-order valence-corrected chi connectivity index (χ3v) is 10.8. The normalized spacial score (nSPS) is 16.1. The number of nitrogens with one attached hydrogen (secondary N) is 1. The van der Waals surface area contributed by atoms with Crippen LogP contribution in [0.1, 0.15) is 19.8 Å². The zero-order valence-corrected chi connectivity index (χ0v) is 13.6. The molecule has 9 heteroatoms. The molecule has 0 spiro atoms. The molecule has 1 N–H and O–H groups in total. The molecule has 0 aromatic rings. The maximum atomic E-state index is 12.4. The molecule has 0 heterocycles. The lowest BCUT2D eigenvalue weighted by atomic mass is 10.6. The smallest absolute Gasteiger partial charge is 0.276 e. The van der Waals surface area contributed by atoms with Crippen LogP contribution in [0.4, 0.5) is 0 Å². The van der Waals surface area contributed by atoms with Crippen molar-refractivity contribution < 1.29 is 13.0 Å². The Kier molecular flexibility index (Phi) is 8.37. The van der Waals surface area contributed by atoms with Crippen LogP contribution in [0.5, 0.6) is 0 Å². The lowest BCUT2D eigenvalue weighted by Crippen LogP contribution is -2.30. The van der Waals surface area contributed by atoms with Crippen molar-refractivity contribution >= 4 is 39.7 Å². The molecule has 0 fully saturated rings. The molecule has 17 heavy (non-hydrogen) atoms. The van der Waals surface area contributed by atoms with E-state index in [1.807, 2.05) is 6.92 Å². The van der Waals surface area contributed by atoms with Crippen LogP contribution in [0.2, 0.25) is 0 Å². The zero-order chi connectivity index (χ0) is 13.5. The first kappa shape index (κ1) is 17.7. The van der Waals surface area contributed by atoms with Crippen molar-refractivity contribution in [2.45, 2.75) is 19.8 Å². The summed E-state index contributed by atoms with van der Waals surface area (Å²) in [7, 11) is -0.659. The summed E-state index contributed by atoms with van der Waals surface area (Å²) in [5.41, 5.74) is 0. The van der Waals surface area contributed by atoms with Crippen LogP contribution in [0.3, 0.4) is 0 Å². The number of sulfonamides is 1.